The van der Waals surface area contributed by atoms with Crippen LogP contribution < -0.4 is 10.1 Å². The van der Waals surface area contributed by atoms with Gasteiger partial charge in [0, 0.05) is 0 Å². The summed E-state index contributed by atoms with van der Waals surface area (Å²) in [4.78, 5) is 11.4. The first-order valence-corrected chi connectivity index (χ1v) is 5.12. The van der Waals surface area contributed by atoms with E-state index in [4.69, 9.17) is 14.7 Å². The molecule has 0 fully saturated rings. The zero-order valence-corrected chi connectivity index (χ0v) is 9.98. The van der Waals surface area contributed by atoms with Gasteiger partial charge >= 0.3 is 6.09 Å². The topological polar surface area (TPSA) is 71.3 Å². The van der Waals surface area contributed by atoms with Crippen molar-refractivity contribution in [3.63, 3.8) is 0 Å². The van der Waals surface area contributed by atoms with Gasteiger partial charge in [0.2, 0.25) is 0 Å². The Morgan fingerprint density at radius 2 is 2.18 bits per heavy atom. The Morgan fingerprint density at radius 1 is 1.47 bits per heavy atom. The lowest BCUT2D eigenvalue weighted by molar-refractivity contribution is 0.130. The van der Waals surface area contributed by atoms with E-state index in [1.165, 1.54) is 13.2 Å². The van der Waals surface area contributed by atoms with Crippen LogP contribution in [-0.4, -0.2) is 19.3 Å². The van der Waals surface area contributed by atoms with E-state index in [1.807, 2.05) is 6.07 Å². The van der Waals surface area contributed by atoms with Gasteiger partial charge in [0.25, 0.3) is 0 Å². The summed E-state index contributed by atoms with van der Waals surface area (Å²) in [5.74, 6) is 0.477. The third kappa shape index (κ3) is 3.68. The Balaban J connectivity index is 2.88. The van der Waals surface area contributed by atoms with Crippen molar-refractivity contribution in [2.45, 2.75) is 20.0 Å². The molecule has 0 aromatic heterocycles. The molecule has 1 rings (SSSR count). The summed E-state index contributed by atoms with van der Waals surface area (Å²) in [7, 11) is 1.49. The highest BCUT2D eigenvalue weighted by atomic mass is 16.6. The molecule has 0 aliphatic rings. The summed E-state index contributed by atoms with van der Waals surface area (Å²) < 4.78 is 10.0. The van der Waals surface area contributed by atoms with E-state index in [0.29, 0.717) is 17.0 Å². The van der Waals surface area contributed by atoms with Crippen molar-refractivity contribution in [2.75, 3.05) is 12.4 Å². The highest BCUT2D eigenvalue weighted by molar-refractivity contribution is 5.87. The largest absolute Gasteiger partial charge is 0.495 e. The van der Waals surface area contributed by atoms with Gasteiger partial charge < -0.3 is 9.47 Å². The highest BCUT2D eigenvalue weighted by Gasteiger charge is 2.10. The highest BCUT2D eigenvalue weighted by Crippen LogP contribution is 2.25. The van der Waals surface area contributed by atoms with E-state index in [9.17, 15) is 4.79 Å². The van der Waals surface area contributed by atoms with Crippen molar-refractivity contribution in [3.05, 3.63) is 23.8 Å². The number of rotatable bonds is 3. The third-order valence-electron chi connectivity index (χ3n) is 1.91. The molecule has 0 saturated heterocycles. The first-order valence-electron chi connectivity index (χ1n) is 5.12. The number of ether oxygens (including phenoxy) is 2. The number of carbonyl (C=O) groups is 1. The van der Waals surface area contributed by atoms with E-state index in [2.05, 4.69) is 5.32 Å². The minimum atomic E-state index is -0.576. The van der Waals surface area contributed by atoms with Gasteiger partial charge in [-0.05, 0) is 32.0 Å². The third-order valence-corrected chi connectivity index (χ3v) is 1.91. The fourth-order valence-electron chi connectivity index (χ4n) is 1.23. The predicted octanol–water partition coefficient (Wildman–Crippen LogP) is 2.52. The zero-order chi connectivity index (χ0) is 12.8. The van der Waals surface area contributed by atoms with Crippen molar-refractivity contribution in [3.8, 4) is 11.8 Å². The molecule has 5 nitrogen and oxygen atoms in total. The van der Waals surface area contributed by atoms with Crippen LogP contribution in [0.1, 0.15) is 19.4 Å². The van der Waals surface area contributed by atoms with E-state index in [-0.39, 0.29) is 6.10 Å². The molecular weight excluding hydrogens is 220 g/mol. The Morgan fingerprint density at radius 3 is 2.71 bits per heavy atom. The van der Waals surface area contributed by atoms with Crippen LogP contribution in [0.2, 0.25) is 0 Å². The van der Waals surface area contributed by atoms with E-state index >= 15 is 0 Å². The van der Waals surface area contributed by atoms with Gasteiger partial charge in [-0.3, -0.25) is 5.32 Å². The molecule has 0 aliphatic carbocycles. The molecule has 1 aromatic carbocycles. The number of hydrogen-bond acceptors (Lipinski definition) is 4. The Bertz CT molecular complexity index is 450. The molecule has 1 N–H and O–H groups in total. The lowest BCUT2D eigenvalue weighted by Crippen LogP contribution is -2.18. The van der Waals surface area contributed by atoms with Crippen molar-refractivity contribution >= 4 is 11.8 Å². The summed E-state index contributed by atoms with van der Waals surface area (Å²) in [6, 6.07) is 6.74. The van der Waals surface area contributed by atoms with Gasteiger partial charge in [0.15, 0.2) is 0 Å². The van der Waals surface area contributed by atoms with Crippen molar-refractivity contribution in [1.29, 1.82) is 5.26 Å². The molecule has 0 unspecified atom stereocenters. The fraction of sp³-hybridized carbons (Fsp3) is 0.333. The lowest BCUT2D eigenvalue weighted by atomic mass is 10.2. The van der Waals surface area contributed by atoms with E-state index < -0.39 is 6.09 Å². The van der Waals surface area contributed by atoms with Gasteiger partial charge in [0.1, 0.15) is 5.75 Å². The molecule has 0 heterocycles. The Hall–Kier alpha value is -2.22. The second-order valence-electron chi connectivity index (χ2n) is 3.61. The van der Waals surface area contributed by atoms with Crippen molar-refractivity contribution < 1.29 is 14.3 Å². The van der Waals surface area contributed by atoms with Crippen LogP contribution in [0.5, 0.6) is 5.75 Å². The Kier molecular flexibility index (Phi) is 4.35. The van der Waals surface area contributed by atoms with E-state index in [1.54, 1.807) is 26.0 Å². The second-order valence-corrected chi connectivity index (χ2v) is 3.61. The van der Waals surface area contributed by atoms with Crippen LogP contribution in [0.3, 0.4) is 0 Å². The summed E-state index contributed by atoms with van der Waals surface area (Å²) in [5, 5.41) is 11.3. The molecule has 90 valence electrons. The smallest absolute Gasteiger partial charge is 0.411 e. The van der Waals surface area contributed by atoms with E-state index in [0.717, 1.165) is 0 Å². The van der Waals surface area contributed by atoms with Gasteiger partial charge in [-0.1, -0.05) is 0 Å². The minimum Gasteiger partial charge on any atom is -0.495 e. The summed E-state index contributed by atoms with van der Waals surface area (Å²) in [6.45, 7) is 3.50. The average Bonchev–Trinajstić information content (AvgIpc) is 2.27. The molecule has 1 aromatic rings. The van der Waals surface area contributed by atoms with Gasteiger partial charge in [-0.15, -0.1) is 0 Å². The molecule has 0 saturated carbocycles. The summed E-state index contributed by atoms with van der Waals surface area (Å²) in [6.07, 6.45) is -0.784. The molecule has 5 heteroatoms. The first-order chi connectivity index (χ1) is 8.06. The molecule has 0 radical (unpaired) electrons. The minimum absolute atomic E-state index is 0.208. The second kappa shape index (κ2) is 5.75. The normalized spacial score (nSPS) is 9.59. The van der Waals surface area contributed by atoms with Crippen LogP contribution in [0, 0.1) is 11.3 Å². The maximum atomic E-state index is 11.4. The summed E-state index contributed by atoms with van der Waals surface area (Å²) >= 11 is 0. The molecular formula is C12H14N2O3. The standard InChI is InChI=1S/C12H14N2O3/c1-8(2)17-12(15)14-10-6-9(7-13)4-5-11(10)16-3/h4-6,8H,1-3H3,(H,14,15). The number of anilines is 1. The van der Waals surface area contributed by atoms with Crippen molar-refractivity contribution in [2.24, 2.45) is 0 Å². The van der Waals surface area contributed by atoms with Gasteiger partial charge in [0.05, 0.1) is 30.5 Å². The number of amides is 1. The van der Waals surface area contributed by atoms with Crippen LogP contribution >= 0.6 is 0 Å². The average molecular weight is 234 g/mol. The maximum Gasteiger partial charge on any atom is 0.411 e. The number of nitrogens with zero attached hydrogens (tertiary/aromatic N) is 1. The van der Waals surface area contributed by atoms with Crippen LogP contribution in [-0.2, 0) is 4.74 Å². The number of nitriles is 1. The first kappa shape index (κ1) is 12.8. The van der Waals surface area contributed by atoms with Gasteiger partial charge in [-0.25, -0.2) is 4.79 Å². The zero-order valence-electron chi connectivity index (χ0n) is 9.98. The summed E-state index contributed by atoms with van der Waals surface area (Å²) in [5.41, 5.74) is 0.850. The SMILES string of the molecule is COc1ccc(C#N)cc1NC(=O)OC(C)C. The maximum absolute atomic E-state index is 11.4. The van der Waals surface area contributed by atoms with Crippen molar-refractivity contribution in [1.82, 2.24) is 0 Å². The fourth-order valence-corrected chi connectivity index (χ4v) is 1.23. The lowest BCUT2D eigenvalue weighted by Gasteiger charge is -2.12. The molecule has 0 spiro atoms. The monoisotopic (exact) mass is 234 g/mol. The number of methoxy groups -OCH3 is 1. The van der Waals surface area contributed by atoms with Crippen LogP contribution in [0.15, 0.2) is 18.2 Å². The van der Waals surface area contributed by atoms with Gasteiger partial charge in [-0.2, -0.15) is 5.26 Å². The molecule has 17 heavy (non-hydrogen) atoms. The molecule has 0 aliphatic heterocycles. The number of hydrogen-bond donors (Lipinski definition) is 1. The quantitative estimate of drug-likeness (QED) is 0.872. The number of benzene rings is 1. The van der Waals surface area contributed by atoms with Crippen LogP contribution in [0.25, 0.3) is 0 Å². The predicted molar refractivity (Wildman–Crippen MR) is 62.9 cm³/mol. The Labute approximate surface area is 100.0 Å². The molecule has 0 bridgehead atoms. The molecule has 0 atom stereocenters. The van der Waals surface area contributed by atoms with Crippen LogP contribution in [0.4, 0.5) is 10.5 Å². The molecule has 1 amide bonds. The number of nitrogens with one attached hydrogen (secondary N) is 1. The number of carbonyl (C=O) groups excluding carboxylic acids is 1.